The molecular weight excluding hydrogens is 534 g/mol. The van der Waals surface area contributed by atoms with Gasteiger partial charge in [0.15, 0.2) is 0 Å². The van der Waals surface area contributed by atoms with E-state index in [2.05, 4.69) is 136 Å². The van der Waals surface area contributed by atoms with Crippen molar-refractivity contribution in [2.45, 2.75) is 96.2 Å². The molecule has 0 saturated carbocycles. The molecule has 5 heteroatoms. The standard InChI is InChI=1S/3C8H18N.C7H11Si.Zr/c3*1-7(2)5-9-6-8(3)4;1-8(2)7-5-3-4-6-7;/h3*7-8H,5-6H2,1-4H3;3-6,8H,1-2H3;/q4*-1;+4. The van der Waals surface area contributed by atoms with Crippen LogP contribution < -0.4 is 5.19 Å². The molecule has 0 saturated heterocycles. The molecule has 3 nitrogen and oxygen atoms in total. The summed E-state index contributed by atoms with van der Waals surface area (Å²) in [5.74, 6) is 4.35. The zero-order valence-electron chi connectivity index (χ0n) is 26.9. The second-order valence-electron chi connectivity index (χ2n) is 12.5. The third kappa shape index (κ3) is 44.3. The summed E-state index contributed by atoms with van der Waals surface area (Å²) in [5.41, 5.74) is 0. The van der Waals surface area contributed by atoms with Crippen LogP contribution in [0.3, 0.4) is 0 Å². The molecule has 0 radical (unpaired) electrons. The summed E-state index contributed by atoms with van der Waals surface area (Å²) in [4.78, 5) is 0. The molecule has 0 aliphatic carbocycles. The van der Waals surface area contributed by atoms with Crippen molar-refractivity contribution in [1.82, 2.24) is 0 Å². The van der Waals surface area contributed by atoms with E-state index in [-0.39, 0.29) is 26.2 Å². The van der Waals surface area contributed by atoms with Gasteiger partial charge in [0, 0.05) is 8.80 Å². The average Bonchev–Trinajstić information content (AvgIpc) is 3.23. The molecule has 0 heterocycles. The first-order valence-electron chi connectivity index (χ1n) is 14.3. The molecule has 0 spiro atoms. The molecule has 212 valence electrons. The van der Waals surface area contributed by atoms with Gasteiger partial charge in [0.1, 0.15) is 0 Å². The molecule has 0 aliphatic rings. The summed E-state index contributed by atoms with van der Waals surface area (Å²) >= 11 is 0. The summed E-state index contributed by atoms with van der Waals surface area (Å²) in [6.45, 7) is 37.2. The molecule has 0 aliphatic heterocycles. The van der Waals surface area contributed by atoms with Gasteiger partial charge in [-0.1, -0.05) is 132 Å². The van der Waals surface area contributed by atoms with E-state index >= 15 is 0 Å². The first-order valence-corrected chi connectivity index (χ1v) is 17.2. The van der Waals surface area contributed by atoms with Crippen LogP contribution in [0.4, 0.5) is 0 Å². The molecule has 36 heavy (non-hydrogen) atoms. The van der Waals surface area contributed by atoms with Crippen molar-refractivity contribution < 1.29 is 26.2 Å². The van der Waals surface area contributed by atoms with Crippen LogP contribution >= 0.6 is 0 Å². The van der Waals surface area contributed by atoms with Gasteiger partial charge < -0.3 is 16.0 Å². The minimum Gasteiger partial charge on any atom is -0.662 e. The predicted molar refractivity (Wildman–Crippen MR) is 169 cm³/mol. The smallest absolute Gasteiger partial charge is 0.662 e. The number of nitrogens with zero attached hydrogens (tertiary/aromatic N) is 3. The van der Waals surface area contributed by atoms with Crippen LogP contribution in [0.15, 0.2) is 24.3 Å². The molecule has 0 unspecified atom stereocenters. The van der Waals surface area contributed by atoms with Crippen molar-refractivity contribution in [2.75, 3.05) is 39.3 Å². The maximum absolute atomic E-state index is 4.37. The molecule has 0 fully saturated rings. The van der Waals surface area contributed by atoms with Crippen LogP contribution in [0.5, 0.6) is 0 Å². The van der Waals surface area contributed by atoms with Crippen molar-refractivity contribution in [2.24, 2.45) is 35.5 Å². The molecule has 0 amide bonds. The van der Waals surface area contributed by atoms with Crippen LogP contribution in [0, 0.1) is 35.5 Å². The Morgan fingerprint density at radius 2 is 0.667 bits per heavy atom. The molecule has 0 aromatic heterocycles. The Balaban J connectivity index is -0.000000188. The molecule has 1 rings (SSSR count). The Bertz CT molecular complexity index is 431. The van der Waals surface area contributed by atoms with E-state index in [1.54, 1.807) is 5.19 Å². The molecule has 0 atom stereocenters. The van der Waals surface area contributed by atoms with Crippen LogP contribution in [0.25, 0.3) is 16.0 Å². The van der Waals surface area contributed by atoms with Crippen LogP contribution in [-0.2, 0) is 26.2 Å². The van der Waals surface area contributed by atoms with Gasteiger partial charge in [-0.15, -0.1) is 39.3 Å². The molecular formula is C31H65N3SiZr. The maximum atomic E-state index is 4.37. The first kappa shape index (κ1) is 43.4. The Labute approximate surface area is 250 Å². The summed E-state index contributed by atoms with van der Waals surface area (Å²) in [7, 11) is -0.480. The van der Waals surface area contributed by atoms with E-state index in [4.69, 9.17) is 0 Å². The fourth-order valence-corrected chi connectivity index (χ4v) is 3.54. The van der Waals surface area contributed by atoms with E-state index < -0.39 is 8.80 Å². The Hall–Kier alpha value is 0.330. The summed E-state index contributed by atoms with van der Waals surface area (Å²) in [6, 6.07) is 8.67. The van der Waals surface area contributed by atoms with Gasteiger partial charge >= 0.3 is 26.2 Å². The quantitative estimate of drug-likeness (QED) is 0.160. The molecule has 0 N–H and O–H groups in total. The van der Waals surface area contributed by atoms with Gasteiger partial charge in [-0.2, -0.15) is 17.3 Å². The largest absolute Gasteiger partial charge is 4.00 e. The average molecular weight is 599 g/mol. The van der Waals surface area contributed by atoms with Gasteiger partial charge in [0.05, 0.1) is 0 Å². The zero-order valence-corrected chi connectivity index (χ0v) is 30.5. The summed E-state index contributed by atoms with van der Waals surface area (Å²) in [5, 5.41) is 14.7. The van der Waals surface area contributed by atoms with Crippen LogP contribution in [0.2, 0.25) is 13.1 Å². The Morgan fingerprint density at radius 3 is 0.778 bits per heavy atom. The van der Waals surface area contributed by atoms with Crippen molar-refractivity contribution in [3.63, 3.8) is 0 Å². The predicted octanol–water partition coefficient (Wildman–Crippen LogP) is 9.11. The SMILES string of the molecule is CC(C)C[N-]CC(C)C.CC(C)C[N-]CC(C)C.CC(C)C[N-]CC(C)C.C[SiH](C)[c-]1cccc1.[Zr+4]. The number of hydrogen-bond acceptors (Lipinski definition) is 0. The fourth-order valence-electron chi connectivity index (χ4n) is 2.55. The van der Waals surface area contributed by atoms with Gasteiger partial charge in [-0.05, 0) is 0 Å². The maximum Gasteiger partial charge on any atom is 4.00 e. The van der Waals surface area contributed by atoms with Gasteiger partial charge in [-0.25, -0.2) is 12.1 Å². The van der Waals surface area contributed by atoms with E-state index in [9.17, 15) is 0 Å². The third-order valence-electron chi connectivity index (χ3n) is 4.32. The fraction of sp³-hybridized carbons (Fsp3) is 0.839. The topological polar surface area (TPSA) is 42.3 Å². The first-order chi connectivity index (χ1) is 16.2. The normalized spacial score (nSPS) is 10.8. The zero-order chi connectivity index (χ0) is 27.8. The number of hydrogen-bond donors (Lipinski definition) is 0. The third-order valence-corrected chi connectivity index (χ3v) is 6.04. The van der Waals surface area contributed by atoms with E-state index in [0.29, 0.717) is 0 Å². The number of rotatable bonds is 13. The van der Waals surface area contributed by atoms with Crippen molar-refractivity contribution >= 4 is 14.0 Å². The van der Waals surface area contributed by atoms with Crippen molar-refractivity contribution in [3.8, 4) is 0 Å². The Morgan fingerprint density at radius 1 is 0.472 bits per heavy atom. The minimum atomic E-state index is -0.480. The molecule has 1 aromatic carbocycles. The Kier molecular flexibility index (Phi) is 36.0. The second-order valence-corrected chi connectivity index (χ2v) is 15.5. The van der Waals surface area contributed by atoms with Crippen LogP contribution in [-0.4, -0.2) is 48.1 Å². The van der Waals surface area contributed by atoms with Crippen LogP contribution in [0.1, 0.15) is 83.1 Å². The van der Waals surface area contributed by atoms with Crippen molar-refractivity contribution in [3.05, 3.63) is 40.2 Å². The van der Waals surface area contributed by atoms with E-state index in [1.165, 1.54) is 0 Å². The summed E-state index contributed by atoms with van der Waals surface area (Å²) < 4.78 is 0. The summed E-state index contributed by atoms with van der Waals surface area (Å²) in [6.07, 6.45) is 0. The minimum absolute atomic E-state index is 0. The molecule has 0 bridgehead atoms. The van der Waals surface area contributed by atoms with E-state index in [0.717, 1.165) is 74.8 Å². The molecule has 1 aromatic rings. The van der Waals surface area contributed by atoms with Crippen molar-refractivity contribution in [1.29, 1.82) is 0 Å². The monoisotopic (exact) mass is 597 g/mol. The van der Waals surface area contributed by atoms with Gasteiger partial charge in [-0.3, -0.25) is 0 Å². The second kappa shape index (κ2) is 29.9. The van der Waals surface area contributed by atoms with Gasteiger partial charge in [0.25, 0.3) is 0 Å². The van der Waals surface area contributed by atoms with Gasteiger partial charge in [0.2, 0.25) is 0 Å². The van der Waals surface area contributed by atoms with E-state index in [1.807, 2.05) is 0 Å².